The summed E-state index contributed by atoms with van der Waals surface area (Å²) in [5, 5.41) is 0. The summed E-state index contributed by atoms with van der Waals surface area (Å²) in [5.41, 5.74) is 0.485. The second kappa shape index (κ2) is 5.84. The van der Waals surface area contributed by atoms with Crippen LogP contribution in [0, 0.1) is 23.2 Å². The smallest absolute Gasteiger partial charge is 0.123 e. The molecule has 1 rings (SSSR count). The molecule has 1 nitrogen and oxygen atoms in total. The SMILES string of the molecule is CCC(C=O)CCC1C(C)CCCC1(C)C. The summed E-state index contributed by atoms with van der Waals surface area (Å²) >= 11 is 0. The molecule has 0 radical (unpaired) electrons. The molecule has 0 aliphatic heterocycles. The molecule has 1 fully saturated rings. The lowest BCUT2D eigenvalue weighted by Gasteiger charge is -2.43. The van der Waals surface area contributed by atoms with Crippen LogP contribution < -0.4 is 0 Å². The monoisotopic (exact) mass is 224 g/mol. The van der Waals surface area contributed by atoms with Crippen LogP contribution in [-0.4, -0.2) is 6.29 Å². The first-order valence-electron chi connectivity index (χ1n) is 6.96. The fraction of sp³-hybridized carbons (Fsp3) is 0.933. The third kappa shape index (κ3) is 3.33. The van der Waals surface area contributed by atoms with Gasteiger partial charge in [0.1, 0.15) is 6.29 Å². The standard InChI is InChI=1S/C15H28O/c1-5-13(11-16)8-9-14-12(2)7-6-10-15(14,3)4/h11-14H,5-10H2,1-4H3. The summed E-state index contributed by atoms with van der Waals surface area (Å²) in [6.07, 6.45) is 8.62. The molecule has 1 aliphatic carbocycles. The number of carbonyl (C=O) groups excluding carboxylic acids is 1. The Morgan fingerprint density at radius 1 is 1.44 bits per heavy atom. The van der Waals surface area contributed by atoms with Crippen LogP contribution in [0.15, 0.2) is 0 Å². The lowest BCUT2D eigenvalue weighted by Crippen LogP contribution is -2.34. The third-order valence-electron chi connectivity index (χ3n) is 4.74. The van der Waals surface area contributed by atoms with E-state index in [1.165, 1.54) is 25.7 Å². The molecule has 1 aliphatic rings. The van der Waals surface area contributed by atoms with Crippen molar-refractivity contribution in [2.45, 2.75) is 66.2 Å². The van der Waals surface area contributed by atoms with Gasteiger partial charge in [-0.05, 0) is 42.9 Å². The quantitative estimate of drug-likeness (QED) is 0.630. The first-order valence-corrected chi connectivity index (χ1v) is 6.96. The number of aldehydes is 1. The molecule has 0 aromatic heterocycles. The Balaban J connectivity index is 2.52. The van der Waals surface area contributed by atoms with Gasteiger partial charge < -0.3 is 4.79 Å². The molecule has 0 bridgehead atoms. The van der Waals surface area contributed by atoms with Crippen molar-refractivity contribution in [3.63, 3.8) is 0 Å². The Kier molecular flexibility index (Phi) is 5.01. The van der Waals surface area contributed by atoms with E-state index < -0.39 is 0 Å². The molecular formula is C15H28O. The molecule has 16 heavy (non-hydrogen) atoms. The molecule has 94 valence electrons. The molecule has 0 saturated heterocycles. The first-order chi connectivity index (χ1) is 7.51. The molecule has 0 N–H and O–H groups in total. The fourth-order valence-electron chi connectivity index (χ4n) is 3.47. The summed E-state index contributed by atoms with van der Waals surface area (Å²) in [6.45, 7) is 9.34. The van der Waals surface area contributed by atoms with Crippen LogP contribution in [0.4, 0.5) is 0 Å². The van der Waals surface area contributed by atoms with Crippen LogP contribution in [0.2, 0.25) is 0 Å². The first kappa shape index (κ1) is 13.7. The summed E-state index contributed by atoms with van der Waals surface area (Å²) < 4.78 is 0. The van der Waals surface area contributed by atoms with Gasteiger partial charge in [-0.15, -0.1) is 0 Å². The van der Waals surface area contributed by atoms with Crippen LogP contribution in [0.3, 0.4) is 0 Å². The van der Waals surface area contributed by atoms with Gasteiger partial charge in [-0.2, -0.15) is 0 Å². The summed E-state index contributed by atoms with van der Waals surface area (Å²) in [7, 11) is 0. The lowest BCUT2D eigenvalue weighted by molar-refractivity contribution is -0.111. The molecule has 0 amide bonds. The molecule has 0 spiro atoms. The fourth-order valence-corrected chi connectivity index (χ4v) is 3.47. The zero-order chi connectivity index (χ0) is 12.2. The van der Waals surface area contributed by atoms with Crippen molar-refractivity contribution < 1.29 is 4.79 Å². The Labute approximate surface area is 101 Å². The summed E-state index contributed by atoms with van der Waals surface area (Å²) in [4.78, 5) is 10.9. The van der Waals surface area contributed by atoms with Crippen molar-refractivity contribution in [1.29, 1.82) is 0 Å². The molecule has 1 saturated carbocycles. The Bertz CT molecular complexity index is 219. The van der Waals surface area contributed by atoms with E-state index in [1.807, 2.05) is 0 Å². The molecule has 3 unspecified atom stereocenters. The Morgan fingerprint density at radius 2 is 2.12 bits per heavy atom. The topological polar surface area (TPSA) is 17.1 Å². The van der Waals surface area contributed by atoms with Gasteiger partial charge in [0.15, 0.2) is 0 Å². The van der Waals surface area contributed by atoms with Gasteiger partial charge >= 0.3 is 0 Å². The van der Waals surface area contributed by atoms with Gasteiger partial charge in [0.2, 0.25) is 0 Å². The predicted molar refractivity (Wildman–Crippen MR) is 69.4 cm³/mol. The van der Waals surface area contributed by atoms with Crippen LogP contribution in [0.25, 0.3) is 0 Å². The van der Waals surface area contributed by atoms with Gasteiger partial charge in [0.05, 0.1) is 0 Å². The Hall–Kier alpha value is -0.330. The van der Waals surface area contributed by atoms with Crippen LogP contribution in [0.5, 0.6) is 0 Å². The number of hydrogen-bond donors (Lipinski definition) is 0. The van der Waals surface area contributed by atoms with E-state index in [9.17, 15) is 4.79 Å². The van der Waals surface area contributed by atoms with Gasteiger partial charge in [0, 0.05) is 5.92 Å². The van der Waals surface area contributed by atoms with Crippen LogP contribution >= 0.6 is 0 Å². The maximum absolute atomic E-state index is 10.9. The van der Waals surface area contributed by atoms with E-state index in [-0.39, 0.29) is 0 Å². The molecule has 3 atom stereocenters. The highest BCUT2D eigenvalue weighted by Crippen LogP contribution is 2.46. The second-order valence-electron chi connectivity index (χ2n) is 6.35. The van der Waals surface area contributed by atoms with Gasteiger partial charge in [-0.3, -0.25) is 0 Å². The van der Waals surface area contributed by atoms with Crippen molar-refractivity contribution in [2.75, 3.05) is 0 Å². The normalized spacial score (nSPS) is 31.0. The average molecular weight is 224 g/mol. The highest BCUT2D eigenvalue weighted by atomic mass is 16.1. The van der Waals surface area contributed by atoms with Crippen molar-refractivity contribution in [1.82, 2.24) is 0 Å². The molecular weight excluding hydrogens is 196 g/mol. The van der Waals surface area contributed by atoms with E-state index in [1.54, 1.807) is 0 Å². The summed E-state index contributed by atoms with van der Waals surface area (Å²) in [5.74, 6) is 1.95. The minimum Gasteiger partial charge on any atom is -0.303 e. The largest absolute Gasteiger partial charge is 0.303 e. The van der Waals surface area contributed by atoms with Gasteiger partial charge in [0.25, 0.3) is 0 Å². The predicted octanol–water partition coefficient (Wildman–Crippen LogP) is 4.45. The van der Waals surface area contributed by atoms with Crippen molar-refractivity contribution in [3.05, 3.63) is 0 Å². The highest BCUT2D eigenvalue weighted by molar-refractivity contribution is 5.53. The zero-order valence-electron chi connectivity index (χ0n) is 11.5. The number of rotatable bonds is 5. The van der Waals surface area contributed by atoms with Crippen molar-refractivity contribution in [2.24, 2.45) is 23.2 Å². The van der Waals surface area contributed by atoms with Crippen molar-refractivity contribution in [3.8, 4) is 0 Å². The molecule has 0 aromatic carbocycles. The lowest BCUT2D eigenvalue weighted by atomic mass is 9.62. The van der Waals surface area contributed by atoms with E-state index in [0.717, 1.165) is 31.0 Å². The minimum atomic E-state index is 0.296. The third-order valence-corrected chi connectivity index (χ3v) is 4.74. The van der Waals surface area contributed by atoms with E-state index >= 15 is 0 Å². The molecule has 0 heterocycles. The second-order valence-corrected chi connectivity index (χ2v) is 6.35. The van der Waals surface area contributed by atoms with Crippen LogP contribution in [0.1, 0.15) is 66.2 Å². The number of carbonyl (C=O) groups is 1. The van der Waals surface area contributed by atoms with Gasteiger partial charge in [-0.25, -0.2) is 0 Å². The zero-order valence-corrected chi connectivity index (χ0v) is 11.5. The maximum Gasteiger partial charge on any atom is 0.123 e. The average Bonchev–Trinajstić information content (AvgIpc) is 2.22. The molecule has 1 heteroatoms. The minimum absolute atomic E-state index is 0.296. The summed E-state index contributed by atoms with van der Waals surface area (Å²) in [6, 6.07) is 0. The van der Waals surface area contributed by atoms with E-state index in [0.29, 0.717) is 11.3 Å². The maximum atomic E-state index is 10.9. The van der Waals surface area contributed by atoms with Crippen molar-refractivity contribution >= 4 is 6.29 Å². The van der Waals surface area contributed by atoms with Gasteiger partial charge in [-0.1, -0.05) is 40.5 Å². The van der Waals surface area contributed by atoms with E-state index in [4.69, 9.17) is 0 Å². The number of hydrogen-bond acceptors (Lipinski definition) is 1. The highest BCUT2D eigenvalue weighted by Gasteiger charge is 2.36. The molecule has 0 aromatic rings. The van der Waals surface area contributed by atoms with E-state index in [2.05, 4.69) is 27.7 Å². The van der Waals surface area contributed by atoms with Crippen LogP contribution in [-0.2, 0) is 4.79 Å². The Morgan fingerprint density at radius 3 is 2.62 bits per heavy atom.